The van der Waals surface area contributed by atoms with Crippen LogP contribution in [0.15, 0.2) is 29.2 Å². The van der Waals surface area contributed by atoms with E-state index in [-0.39, 0.29) is 9.92 Å². The summed E-state index contributed by atoms with van der Waals surface area (Å²) >= 11 is 9.02. The fourth-order valence-corrected chi connectivity index (χ4v) is 2.89. The number of nitrogens with one attached hydrogen (secondary N) is 1. The lowest BCUT2D eigenvalue weighted by Gasteiger charge is -2.06. The molecule has 0 radical (unpaired) electrons. The summed E-state index contributed by atoms with van der Waals surface area (Å²) in [5.41, 5.74) is 0. The van der Waals surface area contributed by atoms with Crippen LogP contribution in [0, 0.1) is 0 Å². The quantitative estimate of drug-likeness (QED) is 0.670. The van der Waals surface area contributed by atoms with E-state index in [0.717, 1.165) is 11.8 Å². The maximum absolute atomic E-state index is 11.7. The highest BCUT2D eigenvalue weighted by molar-refractivity contribution is 9.09. The van der Waals surface area contributed by atoms with E-state index in [1.807, 2.05) is 0 Å². The van der Waals surface area contributed by atoms with Gasteiger partial charge in [-0.2, -0.15) is 0 Å². The van der Waals surface area contributed by atoms with Crippen LogP contribution in [0.1, 0.15) is 6.42 Å². The third kappa shape index (κ3) is 3.75. The van der Waals surface area contributed by atoms with Crippen molar-refractivity contribution in [1.82, 2.24) is 4.72 Å². The Hall–Kier alpha value is -0.100. The maximum Gasteiger partial charge on any atom is 0.242 e. The predicted octanol–water partition coefficient (Wildman–Crippen LogP) is 2.40. The Kier molecular flexibility index (Phi) is 5.05. The lowest BCUT2D eigenvalue weighted by molar-refractivity contribution is 0.581. The molecule has 84 valence electrons. The zero-order valence-corrected chi connectivity index (χ0v) is 11.1. The van der Waals surface area contributed by atoms with Crippen LogP contribution in [-0.2, 0) is 10.0 Å². The van der Waals surface area contributed by atoms with Gasteiger partial charge in [-0.3, -0.25) is 0 Å². The first-order chi connectivity index (χ1) is 7.08. The number of alkyl halides is 1. The summed E-state index contributed by atoms with van der Waals surface area (Å²) in [6, 6.07) is 6.38. The molecule has 0 bridgehead atoms. The molecule has 0 aliphatic heterocycles. The molecule has 0 aliphatic rings. The highest BCUT2D eigenvalue weighted by atomic mass is 79.9. The smallest absolute Gasteiger partial charge is 0.211 e. The molecule has 0 atom stereocenters. The molecule has 1 aromatic rings. The van der Waals surface area contributed by atoms with Gasteiger partial charge in [-0.25, -0.2) is 13.1 Å². The SMILES string of the molecule is O=S(=O)(NCCCBr)c1ccccc1Cl. The first-order valence-electron chi connectivity index (χ1n) is 4.38. The van der Waals surface area contributed by atoms with Crippen molar-refractivity contribution < 1.29 is 8.42 Å². The number of hydrogen-bond acceptors (Lipinski definition) is 2. The topological polar surface area (TPSA) is 46.2 Å². The Morgan fingerprint density at radius 1 is 1.33 bits per heavy atom. The van der Waals surface area contributed by atoms with Gasteiger partial charge >= 0.3 is 0 Å². The van der Waals surface area contributed by atoms with Crippen molar-refractivity contribution in [3.63, 3.8) is 0 Å². The highest BCUT2D eigenvalue weighted by Crippen LogP contribution is 2.19. The minimum absolute atomic E-state index is 0.126. The maximum atomic E-state index is 11.7. The molecule has 1 N–H and O–H groups in total. The third-order valence-electron chi connectivity index (χ3n) is 1.73. The molecule has 6 heteroatoms. The lowest BCUT2D eigenvalue weighted by Crippen LogP contribution is -2.25. The number of sulfonamides is 1. The zero-order valence-electron chi connectivity index (χ0n) is 7.91. The summed E-state index contributed by atoms with van der Waals surface area (Å²) in [4.78, 5) is 0.126. The molecular weight excluding hydrogens is 302 g/mol. The van der Waals surface area contributed by atoms with Gasteiger partial charge in [0.2, 0.25) is 10.0 Å². The second-order valence-electron chi connectivity index (χ2n) is 2.87. The lowest BCUT2D eigenvalue weighted by atomic mass is 10.4. The normalized spacial score (nSPS) is 11.6. The fraction of sp³-hybridized carbons (Fsp3) is 0.333. The molecule has 0 spiro atoms. The van der Waals surface area contributed by atoms with Gasteiger partial charge in [0.15, 0.2) is 0 Å². The summed E-state index contributed by atoms with van der Waals surface area (Å²) in [6.45, 7) is 0.402. The number of benzene rings is 1. The van der Waals surface area contributed by atoms with Crippen molar-refractivity contribution >= 4 is 37.6 Å². The van der Waals surface area contributed by atoms with Crippen LogP contribution in [0.25, 0.3) is 0 Å². The Morgan fingerprint density at radius 3 is 2.60 bits per heavy atom. The van der Waals surface area contributed by atoms with Crippen molar-refractivity contribution in [2.45, 2.75) is 11.3 Å². The van der Waals surface area contributed by atoms with Gasteiger partial charge in [-0.15, -0.1) is 0 Å². The summed E-state index contributed by atoms with van der Waals surface area (Å²) in [5.74, 6) is 0. The summed E-state index contributed by atoms with van der Waals surface area (Å²) in [6.07, 6.45) is 0.740. The molecule has 0 aromatic heterocycles. The van der Waals surface area contributed by atoms with E-state index in [1.54, 1.807) is 18.2 Å². The van der Waals surface area contributed by atoms with Gasteiger partial charge in [-0.05, 0) is 18.6 Å². The monoisotopic (exact) mass is 311 g/mol. The van der Waals surface area contributed by atoms with E-state index >= 15 is 0 Å². The van der Waals surface area contributed by atoms with Crippen LogP contribution in [0.5, 0.6) is 0 Å². The summed E-state index contributed by atoms with van der Waals surface area (Å²) < 4.78 is 25.9. The largest absolute Gasteiger partial charge is 0.242 e. The van der Waals surface area contributed by atoms with Gasteiger partial charge < -0.3 is 0 Å². The molecule has 0 amide bonds. The molecule has 0 fully saturated rings. The average Bonchev–Trinajstić information content (AvgIpc) is 2.18. The summed E-state index contributed by atoms with van der Waals surface area (Å²) in [7, 11) is -3.47. The van der Waals surface area contributed by atoms with E-state index < -0.39 is 10.0 Å². The van der Waals surface area contributed by atoms with Gasteiger partial charge in [-0.1, -0.05) is 39.7 Å². The van der Waals surface area contributed by atoms with E-state index in [0.29, 0.717) is 6.54 Å². The molecule has 1 aromatic carbocycles. The second-order valence-corrected chi connectivity index (χ2v) is 5.81. The van der Waals surface area contributed by atoms with Crippen LogP contribution in [-0.4, -0.2) is 20.3 Å². The molecule has 1 rings (SSSR count). The van der Waals surface area contributed by atoms with Gasteiger partial charge in [0.1, 0.15) is 4.90 Å². The molecular formula is C9H11BrClNO2S. The Bertz CT molecular complexity index is 422. The fourth-order valence-electron chi connectivity index (χ4n) is 1.01. The van der Waals surface area contributed by atoms with E-state index in [1.165, 1.54) is 6.07 Å². The van der Waals surface area contributed by atoms with Crippen LogP contribution >= 0.6 is 27.5 Å². The van der Waals surface area contributed by atoms with Gasteiger partial charge in [0.05, 0.1) is 5.02 Å². The average molecular weight is 313 g/mol. The van der Waals surface area contributed by atoms with Crippen LogP contribution in [0.2, 0.25) is 5.02 Å². The molecule has 0 saturated heterocycles. The van der Waals surface area contributed by atoms with Crippen molar-refractivity contribution in [1.29, 1.82) is 0 Å². The Balaban J connectivity index is 2.83. The zero-order chi connectivity index (χ0) is 11.3. The van der Waals surface area contributed by atoms with E-state index in [2.05, 4.69) is 20.7 Å². The van der Waals surface area contributed by atoms with Gasteiger partial charge in [0, 0.05) is 11.9 Å². The Morgan fingerprint density at radius 2 is 2.00 bits per heavy atom. The van der Waals surface area contributed by atoms with E-state index in [9.17, 15) is 8.42 Å². The van der Waals surface area contributed by atoms with Crippen LogP contribution in [0.3, 0.4) is 0 Å². The first-order valence-corrected chi connectivity index (χ1v) is 7.36. The van der Waals surface area contributed by atoms with Crippen molar-refractivity contribution in [3.05, 3.63) is 29.3 Å². The molecule has 0 heterocycles. The van der Waals surface area contributed by atoms with Crippen molar-refractivity contribution in [2.24, 2.45) is 0 Å². The molecule has 0 aliphatic carbocycles. The predicted molar refractivity (Wildman–Crippen MR) is 65.1 cm³/mol. The van der Waals surface area contributed by atoms with Gasteiger partial charge in [0.25, 0.3) is 0 Å². The number of hydrogen-bond donors (Lipinski definition) is 1. The summed E-state index contributed by atoms with van der Waals surface area (Å²) in [5, 5.41) is 1.00. The minimum Gasteiger partial charge on any atom is -0.211 e. The molecule has 3 nitrogen and oxygen atoms in total. The number of rotatable bonds is 5. The highest BCUT2D eigenvalue weighted by Gasteiger charge is 2.15. The van der Waals surface area contributed by atoms with E-state index in [4.69, 9.17) is 11.6 Å². The van der Waals surface area contributed by atoms with Crippen molar-refractivity contribution in [3.8, 4) is 0 Å². The standard InChI is InChI=1S/C9H11BrClNO2S/c10-6-3-7-12-15(13,14)9-5-2-1-4-8(9)11/h1-2,4-5,12H,3,6-7H2. The molecule has 0 saturated carbocycles. The third-order valence-corrected chi connectivity index (χ3v) is 4.25. The Labute approximate surface area is 103 Å². The van der Waals surface area contributed by atoms with Crippen molar-refractivity contribution in [2.75, 3.05) is 11.9 Å². The van der Waals surface area contributed by atoms with Crippen LogP contribution in [0.4, 0.5) is 0 Å². The molecule has 0 unspecified atom stereocenters. The van der Waals surface area contributed by atoms with Crippen LogP contribution < -0.4 is 4.72 Å². The number of halogens is 2. The molecule has 15 heavy (non-hydrogen) atoms. The minimum atomic E-state index is -3.47. The first kappa shape index (κ1) is 13.0. The second kappa shape index (κ2) is 5.84.